The van der Waals surface area contributed by atoms with Gasteiger partial charge >= 0.3 is 6.18 Å². The molecule has 2 atom stereocenters. The van der Waals surface area contributed by atoms with Crippen molar-refractivity contribution in [2.24, 2.45) is 11.7 Å². The van der Waals surface area contributed by atoms with Crippen LogP contribution in [0.15, 0.2) is 18.2 Å². The minimum absolute atomic E-state index is 0.0224. The Hall–Kier alpha value is -1.80. The van der Waals surface area contributed by atoms with Crippen LogP contribution in [0.1, 0.15) is 62.5 Å². The van der Waals surface area contributed by atoms with E-state index in [4.69, 9.17) is 17.3 Å². The summed E-state index contributed by atoms with van der Waals surface area (Å²) < 4.78 is 38.7. The molecule has 9 heteroatoms. The second-order valence-corrected chi connectivity index (χ2v) is 9.37. The summed E-state index contributed by atoms with van der Waals surface area (Å²) in [6, 6.07) is 2.02. The molecule has 1 aromatic rings. The monoisotopic (exact) mass is 473 g/mol. The number of rotatable bonds is 7. The molecule has 2 fully saturated rings. The highest BCUT2D eigenvalue weighted by Gasteiger charge is 2.37. The molecular formula is C23H31ClF3N3O2. The molecule has 0 spiro atoms. The second-order valence-electron chi connectivity index (χ2n) is 8.94. The fourth-order valence-corrected chi connectivity index (χ4v) is 4.90. The number of hydrogen-bond acceptors (Lipinski definition) is 3. The molecule has 1 aromatic carbocycles. The number of carbonyl (C=O) groups is 2. The van der Waals surface area contributed by atoms with E-state index in [1.165, 1.54) is 18.6 Å². The smallest absolute Gasteiger partial charge is 0.350 e. The Morgan fingerprint density at radius 2 is 1.84 bits per heavy atom. The van der Waals surface area contributed by atoms with E-state index in [9.17, 15) is 22.8 Å². The molecule has 0 aromatic heterocycles. The third-order valence-electron chi connectivity index (χ3n) is 6.55. The van der Waals surface area contributed by atoms with E-state index in [0.717, 1.165) is 32.1 Å². The van der Waals surface area contributed by atoms with Crippen molar-refractivity contribution in [2.75, 3.05) is 6.54 Å². The van der Waals surface area contributed by atoms with Crippen molar-refractivity contribution in [2.45, 2.75) is 82.6 Å². The predicted molar refractivity (Wildman–Crippen MR) is 117 cm³/mol. The van der Waals surface area contributed by atoms with E-state index in [1.807, 2.05) is 0 Å². The van der Waals surface area contributed by atoms with Crippen LogP contribution in [0.25, 0.3) is 0 Å². The fourth-order valence-electron chi connectivity index (χ4n) is 4.70. The third kappa shape index (κ3) is 6.61. The van der Waals surface area contributed by atoms with Crippen LogP contribution in [0.4, 0.5) is 13.2 Å². The lowest BCUT2D eigenvalue weighted by molar-refractivity contribution is -0.147. The molecule has 1 saturated carbocycles. The normalized spacial score (nSPS) is 20.9. The molecule has 3 N–H and O–H groups in total. The third-order valence-corrected chi connectivity index (χ3v) is 6.78. The molecule has 2 aliphatic rings. The standard InChI is InChI=1S/C23H31ClF3N3O2/c24-18-9-8-16(13-20(28)23(25,26)27)17(12-18)14-29-22(32)19-7-4-10-30(19)21(31)11-15-5-2-1-3-6-15/h8-9,12,15,19-20H,1-7,10-11,13-14,28H2,(H,29,32). The number of halogens is 4. The lowest BCUT2D eigenvalue weighted by Gasteiger charge is -2.27. The number of nitrogens with zero attached hydrogens (tertiary/aromatic N) is 1. The number of hydrogen-bond donors (Lipinski definition) is 2. The Bertz CT molecular complexity index is 812. The summed E-state index contributed by atoms with van der Waals surface area (Å²) in [6.07, 6.45) is 2.58. The van der Waals surface area contributed by atoms with Gasteiger partial charge in [-0.05, 0) is 61.3 Å². The summed E-state index contributed by atoms with van der Waals surface area (Å²) in [5.74, 6) is 0.132. The van der Waals surface area contributed by atoms with Gasteiger partial charge in [-0.2, -0.15) is 13.2 Å². The number of nitrogens with one attached hydrogen (secondary N) is 1. The first kappa shape index (κ1) is 24.8. The molecule has 1 heterocycles. The van der Waals surface area contributed by atoms with Gasteiger partial charge in [0.2, 0.25) is 11.8 Å². The van der Waals surface area contributed by atoms with Gasteiger partial charge in [0.1, 0.15) is 12.1 Å². The van der Waals surface area contributed by atoms with Crippen molar-refractivity contribution in [3.63, 3.8) is 0 Å². The molecule has 178 valence electrons. The van der Waals surface area contributed by atoms with Crippen molar-refractivity contribution in [1.82, 2.24) is 10.2 Å². The molecule has 2 amide bonds. The molecule has 0 bridgehead atoms. The van der Waals surface area contributed by atoms with Gasteiger partial charge in [-0.3, -0.25) is 9.59 Å². The number of amides is 2. The van der Waals surface area contributed by atoms with E-state index in [-0.39, 0.29) is 18.4 Å². The van der Waals surface area contributed by atoms with Crippen molar-refractivity contribution in [1.29, 1.82) is 0 Å². The van der Waals surface area contributed by atoms with Crippen LogP contribution >= 0.6 is 11.6 Å². The largest absolute Gasteiger partial charge is 0.403 e. The highest BCUT2D eigenvalue weighted by Crippen LogP contribution is 2.29. The van der Waals surface area contributed by atoms with Gasteiger partial charge in [-0.15, -0.1) is 0 Å². The maximum atomic E-state index is 12.9. The molecule has 0 radical (unpaired) electrons. The Kier molecular flexibility index (Phi) is 8.44. The highest BCUT2D eigenvalue weighted by molar-refractivity contribution is 6.30. The van der Waals surface area contributed by atoms with Gasteiger partial charge in [0.15, 0.2) is 0 Å². The van der Waals surface area contributed by atoms with Crippen LogP contribution in [0.3, 0.4) is 0 Å². The summed E-state index contributed by atoms with van der Waals surface area (Å²) in [6.45, 7) is 0.590. The van der Waals surface area contributed by atoms with E-state index >= 15 is 0 Å². The molecular weight excluding hydrogens is 443 g/mol. The van der Waals surface area contributed by atoms with Crippen LogP contribution in [0, 0.1) is 5.92 Å². The summed E-state index contributed by atoms with van der Waals surface area (Å²) in [5.41, 5.74) is 6.16. The average molecular weight is 474 g/mol. The molecule has 3 rings (SSSR count). The Morgan fingerprint density at radius 1 is 1.12 bits per heavy atom. The Labute approximate surface area is 191 Å². The number of carbonyl (C=O) groups excluding carboxylic acids is 2. The number of likely N-dealkylation sites (tertiary alicyclic amines) is 1. The summed E-state index contributed by atoms with van der Waals surface area (Å²) in [7, 11) is 0. The minimum atomic E-state index is -4.51. The molecule has 32 heavy (non-hydrogen) atoms. The van der Waals surface area contributed by atoms with Crippen LogP contribution in [-0.4, -0.2) is 41.5 Å². The number of alkyl halides is 3. The van der Waals surface area contributed by atoms with Gasteiger partial charge in [0.05, 0.1) is 0 Å². The first-order valence-electron chi connectivity index (χ1n) is 11.3. The van der Waals surface area contributed by atoms with Crippen LogP contribution in [0.5, 0.6) is 0 Å². The van der Waals surface area contributed by atoms with Gasteiger partial charge < -0.3 is 16.0 Å². The number of nitrogens with two attached hydrogens (primary N) is 1. The lowest BCUT2D eigenvalue weighted by Crippen LogP contribution is -2.46. The van der Waals surface area contributed by atoms with Gasteiger partial charge in [0.25, 0.3) is 0 Å². The maximum Gasteiger partial charge on any atom is 0.403 e. The highest BCUT2D eigenvalue weighted by atomic mass is 35.5. The van der Waals surface area contributed by atoms with E-state index in [2.05, 4.69) is 5.32 Å². The Morgan fingerprint density at radius 3 is 2.53 bits per heavy atom. The first-order chi connectivity index (χ1) is 15.1. The molecule has 5 nitrogen and oxygen atoms in total. The van der Waals surface area contributed by atoms with Gasteiger partial charge in [0, 0.05) is 24.5 Å². The summed E-state index contributed by atoms with van der Waals surface area (Å²) >= 11 is 6.02. The number of benzene rings is 1. The van der Waals surface area contributed by atoms with Crippen LogP contribution < -0.4 is 11.1 Å². The topological polar surface area (TPSA) is 75.4 Å². The SMILES string of the molecule is NC(Cc1ccc(Cl)cc1CNC(=O)C1CCCN1C(=O)CC1CCCCC1)C(F)(F)F. The Balaban J connectivity index is 1.60. The zero-order valence-corrected chi connectivity index (χ0v) is 18.9. The molecule has 1 aliphatic heterocycles. The first-order valence-corrected chi connectivity index (χ1v) is 11.7. The minimum Gasteiger partial charge on any atom is -0.350 e. The molecule has 2 unspecified atom stereocenters. The lowest BCUT2D eigenvalue weighted by atomic mass is 9.86. The predicted octanol–water partition coefficient (Wildman–Crippen LogP) is 4.35. The zero-order chi connectivity index (χ0) is 23.3. The average Bonchev–Trinajstić information content (AvgIpc) is 3.24. The van der Waals surface area contributed by atoms with Gasteiger partial charge in [-0.1, -0.05) is 36.9 Å². The fraction of sp³-hybridized carbons (Fsp3) is 0.652. The van der Waals surface area contributed by atoms with Crippen molar-refractivity contribution >= 4 is 23.4 Å². The van der Waals surface area contributed by atoms with Crippen molar-refractivity contribution in [3.05, 3.63) is 34.3 Å². The van der Waals surface area contributed by atoms with Crippen molar-refractivity contribution < 1.29 is 22.8 Å². The summed E-state index contributed by atoms with van der Waals surface area (Å²) in [4.78, 5) is 27.4. The van der Waals surface area contributed by atoms with Crippen molar-refractivity contribution in [3.8, 4) is 0 Å². The van der Waals surface area contributed by atoms with Gasteiger partial charge in [-0.25, -0.2) is 0 Å². The molecule has 1 saturated heterocycles. The van der Waals surface area contributed by atoms with E-state index in [0.29, 0.717) is 41.5 Å². The maximum absolute atomic E-state index is 12.9. The van der Waals surface area contributed by atoms with E-state index in [1.54, 1.807) is 11.0 Å². The van der Waals surface area contributed by atoms with Crippen LogP contribution in [0.2, 0.25) is 5.02 Å². The second kappa shape index (κ2) is 10.9. The van der Waals surface area contributed by atoms with E-state index < -0.39 is 24.7 Å². The molecule has 1 aliphatic carbocycles. The van der Waals surface area contributed by atoms with Crippen LogP contribution in [-0.2, 0) is 22.6 Å². The summed E-state index contributed by atoms with van der Waals surface area (Å²) in [5, 5.41) is 3.16. The quantitative estimate of drug-likeness (QED) is 0.618. The zero-order valence-electron chi connectivity index (χ0n) is 18.1.